The average molecular weight is 270 g/mol. The molecule has 62 valence electrons. The lowest BCUT2D eigenvalue weighted by atomic mass is 9.93. The van der Waals surface area contributed by atoms with E-state index in [1.54, 1.807) is 0 Å². The Morgan fingerprint density at radius 2 is 1.92 bits per heavy atom. The minimum absolute atomic E-state index is 1.22. The van der Waals surface area contributed by atoms with Crippen LogP contribution in [-0.2, 0) is 6.42 Å². The molecular formula is C11H11I. The van der Waals surface area contributed by atoms with E-state index in [1.807, 2.05) is 0 Å². The molecule has 12 heavy (non-hydrogen) atoms. The maximum atomic E-state index is 2.45. The van der Waals surface area contributed by atoms with E-state index in [9.17, 15) is 0 Å². The van der Waals surface area contributed by atoms with Gasteiger partial charge in [0.15, 0.2) is 0 Å². The van der Waals surface area contributed by atoms with Gasteiger partial charge in [-0.3, -0.25) is 0 Å². The first-order valence-electron chi connectivity index (χ1n) is 4.22. The van der Waals surface area contributed by atoms with Gasteiger partial charge in [0, 0.05) is 3.58 Å². The molecule has 0 fully saturated rings. The van der Waals surface area contributed by atoms with Gasteiger partial charge in [0.1, 0.15) is 0 Å². The summed E-state index contributed by atoms with van der Waals surface area (Å²) >= 11 is 2.45. The summed E-state index contributed by atoms with van der Waals surface area (Å²) in [6, 6.07) is 8.71. The summed E-state index contributed by atoms with van der Waals surface area (Å²) in [6.07, 6.45) is 2.45. The van der Waals surface area contributed by atoms with Crippen LogP contribution in [0.3, 0.4) is 0 Å². The Labute approximate surface area is 86.8 Å². The summed E-state index contributed by atoms with van der Waals surface area (Å²) < 4.78 is 1.45. The van der Waals surface area contributed by atoms with Gasteiger partial charge in [0.2, 0.25) is 0 Å². The molecule has 0 radical (unpaired) electrons. The molecule has 1 aliphatic carbocycles. The first-order chi connectivity index (χ1) is 5.79. The average Bonchev–Trinajstić information content (AvgIpc) is 2.12. The van der Waals surface area contributed by atoms with Crippen molar-refractivity contribution in [1.82, 2.24) is 0 Å². The summed E-state index contributed by atoms with van der Waals surface area (Å²) in [4.78, 5) is 0. The zero-order valence-corrected chi connectivity index (χ0v) is 9.26. The largest absolute Gasteiger partial charge is 0.0620 e. The van der Waals surface area contributed by atoms with Gasteiger partial charge < -0.3 is 0 Å². The molecule has 0 N–H and O–H groups in total. The van der Waals surface area contributed by atoms with Crippen LogP contribution in [0.4, 0.5) is 0 Å². The molecule has 1 aromatic carbocycles. The molecule has 0 amide bonds. The molecule has 0 bridgehead atoms. The smallest absolute Gasteiger partial charge is 0.0194 e. The number of rotatable bonds is 0. The van der Waals surface area contributed by atoms with Crippen LogP contribution in [0.1, 0.15) is 24.5 Å². The number of benzene rings is 1. The van der Waals surface area contributed by atoms with E-state index >= 15 is 0 Å². The number of hydrogen-bond donors (Lipinski definition) is 0. The maximum absolute atomic E-state index is 2.45. The molecule has 0 aromatic heterocycles. The van der Waals surface area contributed by atoms with Gasteiger partial charge >= 0.3 is 0 Å². The Hall–Kier alpha value is -0.310. The van der Waals surface area contributed by atoms with Crippen LogP contribution in [0.15, 0.2) is 29.8 Å². The third-order valence-electron chi connectivity index (χ3n) is 2.40. The summed E-state index contributed by atoms with van der Waals surface area (Å²) in [5, 5.41) is 0. The van der Waals surface area contributed by atoms with E-state index < -0.39 is 0 Å². The Kier molecular flexibility index (Phi) is 2.22. The van der Waals surface area contributed by atoms with Gasteiger partial charge in [-0.15, -0.1) is 0 Å². The van der Waals surface area contributed by atoms with Gasteiger partial charge in [-0.1, -0.05) is 29.8 Å². The number of aryl methyl sites for hydroxylation is 1. The van der Waals surface area contributed by atoms with Crippen LogP contribution in [0.25, 0.3) is 3.58 Å². The zero-order chi connectivity index (χ0) is 8.55. The quantitative estimate of drug-likeness (QED) is 0.629. The van der Waals surface area contributed by atoms with Gasteiger partial charge in [0.25, 0.3) is 0 Å². The highest BCUT2D eigenvalue weighted by molar-refractivity contribution is 14.1. The first kappa shape index (κ1) is 8.30. The summed E-state index contributed by atoms with van der Waals surface area (Å²) in [7, 11) is 0. The lowest BCUT2D eigenvalue weighted by Gasteiger charge is -2.17. The van der Waals surface area contributed by atoms with Crippen molar-refractivity contribution < 1.29 is 0 Å². The first-order valence-corrected chi connectivity index (χ1v) is 5.30. The molecule has 1 aliphatic rings. The molecular weight excluding hydrogens is 259 g/mol. The van der Waals surface area contributed by atoms with E-state index in [-0.39, 0.29) is 0 Å². The van der Waals surface area contributed by atoms with Crippen LogP contribution >= 0.6 is 22.6 Å². The second-order valence-electron chi connectivity index (χ2n) is 3.25. The SMILES string of the molecule is CC1=C(I)c2ccccc2CC1. The molecule has 0 saturated heterocycles. The van der Waals surface area contributed by atoms with Gasteiger partial charge in [-0.05, 0) is 53.5 Å². The topological polar surface area (TPSA) is 0 Å². The van der Waals surface area contributed by atoms with Crippen LogP contribution in [0, 0.1) is 0 Å². The molecule has 2 rings (SSSR count). The minimum atomic E-state index is 1.22. The molecule has 1 aromatic rings. The molecule has 0 nitrogen and oxygen atoms in total. The Morgan fingerprint density at radius 1 is 1.17 bits per heavy atom. The van der Waals surface area contributed by atoms with Gasteiger partial charge in [-0.2, -0.15) is 0 Å². The van der Waals surface area contributed by atoms with Crippen molar-refractivity contribution in [3.05, 3.63) is 41.0 Å². The molecule has 0 spiro atoms. The highest BCUT2D eigenvalue weighted by Crippen LogP contribution is 2.35. The lowest BCUT2D eigenvalue weighted by Crippen LogP contribution is -1.99. The Morgan fingerprint density at radius 3 is 2.75 bits per heavy atom. The number of hydrogen-bond acceptors (Lipinski definition) is 0. The number of halogens is 1. The molecule has 0 saturated carbocycles. The minimum Gasteiger partial charge on any atom is -0.0620 e. The third-order valence-corrected chi connectivity index (χ3v) is 3.90. The van der Waals surface area contributed by atoms with Crippen molar-refractivity contribution in [2.24, 2.45) is 0 Å². The predicted molar refractivity (Wildman–Crippen MR) is 61.4 cm³/mol. The van der Waals surface area contributed by atoms with E-state index in [0.29, 0.717) is 0 Å². The number of fused-ring (bicyclic) bond motifs is 1. The summed E-state index contributed by atoms with van der Waals surface area (Å²) in [5.41, 5.74) is 4.49. The zero-order valence-electron chi connectivity index (χ0n) is 7.10. The summed E-state index contributed by atoms with van der Waals surface area (Å²) in [6.45, 7) is 2.23. The third kappa shape index (κ3) is 1.30. The second-order valence-corrected chi connectivity index (χ2v) is 4.33. The van der Waals surface area contributed by atoms with E-state index in [2.05, 4.69) is 53.8 Å². The predicted octanol–water partition coefficient (Wildman–Crippen LogP) is 3.80. The van der Waals surface area contributed by atoms with Crippen LogP contribution in [0.2, 0.25) is 0 Å². The fourth-order valence-electron chi connectivity index (χ4n) is 1.61. The second kappa shape index (κ2) is 3.21. The van der Waals surface area contributed by atoms with Crippen molar-refractivity contribution in [3.8, 4) is 0 Å². The molecule has 0 unspecified atom stereocenters. The highest BCUT2D eigenvalue weighted by Gasteiger charge is 2.12. The van der Waals surface area contributed by atoms with Crippen molar-refractivity contribution in [2.75, 3.05) is 0 Å². The Balaban J connectivity index is 2.59. The highest BCUT2D eigenvalue weighted by atomic mass is 127. The van der Waals surface area contributed by atoms with Crippen molar-refractivity contribution >= 4 is 26.2 Å². The van der Waals surface area contributed by atoms with Crippen LogP contribution in [0.5, 0.6) is 0 Å². The maximum Gasteiger partial charge on any atom is 0.0194 e. The molecule has 0 atom stereocenters. The van der Waals surface area contributed by atoms with E-state index in [4.69, 9.17) is 0 Å². The fraction of sp³-hybridized carbons (Fsp3) is 0.273. The van der Waals surface area contributed by atoms with Gasteiger partial charge in [-0.25, -0.2) is 0 Å². The van der Waals surface area contributed by atoms with Crippen LogP contribution < -0.4 is 0 Å². The van der Waals surface area contributed by atoms with Gasteiger partial charge in [0.05, 0.1) is 0 Å². The van der Waals surface area contributed by atoms with Crippen molar-refractivity contribution in [1.29, 1.82) is 0 Å². The van der Waals surface area contributed by atoms with E-state index in [1.165, 1.54) is 33.1 Å². The van der Waals surface area contributed by atoms with E-state index in [0.717, 1.165) is 0 Å². The lowest BCUT2D eigenvalue weighted by molar-refractivity contribution is 0.926. The monoisotopic (exact) mass is 270 g/mol. The molecule has 0 aliphatic heterocycles. The van der Waals surface area contributed by atoms with Crippen molar-refractivity contribution in [3.63, 3.8) is 0 Å². The fourth-order valence-corrected chi connectivity index (χ4v) is 2.41. The Bertz CT molecular complexity index is 337. The molecule has 1 heteroatoms. The summed E-state index contributed by atoms with van der Waals surface area (Å²) in [5.74, 6) is 0. The number of allylic oxidation sites excluding steroid dienone is 1. The van der Waals surface area contributed by atoms with Crippen LogP contribution in [-0.4, -0.2) is 0 Å². The molecule has 0 heterocycles. The standard InChI is InChI=1S/C11H11I/c1-8-6-7-9-4-2-3-5-10(9)11(8)12/h2-5H,6-7H2,1H3. The normalized spacial score (nSPS) is 16.2. The van der Waals surface area contributed by atoms with Crippen molar-refractivity contribution in [2.45, 2.75) is 19.8 Å².